The molecule has 218 valence electrons. The van der Waals surface area contributed by atoms with E-state index in [1.165, 1.54) is 0 Å². The summed E-state index contributed by atoms with van der Waals surface area (Å²) in [6.07, 6.45) is 2.74. The van der Waals surface area contributed by atoms with Crippen LogP contribution in [0, 0.1) is 12.7 Å². The number of amides is 1. The van der Waals surface area contributed by atoms with Crippen LogP contribution < -0.4 is 9.64 Å². The fraction of sp³-hybridized carbons (Fsp3) is 0.679. The number of fused-ring (bicyclic) bond motifs is 4. The average molecular weight is 643 g/mol. The van der Waals surface area contributed by atoms with Gasteiger partial charge in [0.05, 0.1) is 32.5 Å². The maximum Gasteiger partial charge on any atom is 0.410 e. The summed E-state index contributed by atoms with van der Waals surface area (Å²) in [6.45, 7) is 9.93. The number of rotatable bonds is 4. The topological polar surface area (TPSA) is 71.0 Å². The van der Waals surface area contributed by atoms with Gasteiger partial charge in [-0.1, -0.05) is 11.6 Å². The number of carbonyl (C=O) groups is 1. The monoisotopic (exact) mass is 641 g/mol. The number of anilines is 1. The molecule has 4 saturated heterocycles. The number of benzene rings is 1. The van der Waals surface area contributed by atoms with Gasteiger partial charge >= 0.3 is 12.1 Å². The summed E-state index contributed by atoms with van der Waals surface area (Å²) in [4.78, 5) is 28.4. The molecule has 5 heterocycles. The highest BCUT2D eigenvalue weighted by Gasteiger charge is 2.50. The maximum atomic E-state index is 15.6. The number of aromatic nitrogens is 2. The molecule has 4 fully saturated rings. The van der Waals surface area contributed by atoms with E-state index in [0.717, 1.165) is 32.2 Å². The lowest BCUT2D eigenvalue weighted by Crippen LogP contribution is -2.57. The zero-order chi connectivity index (χ0) is 28.6. The Morgan fingerprint density at radius 1 is 1.20 bits per heavy atom. The zero-order valence-electron chi connectivity index (χ0n) is 23.3. The van der Waals surface area contributed by atoms with Crippen molar-refractivity contribution in [2.45, 2.75) is 89.2 Å². The van der Waals surface area contributed by atoms with Crippen LogP contribution in [0.15, 0.2) is 4.47 Å². The second-order valence-electron chi connectivity index (χ2n) is 12.7. The molecule has 0 radical (unpaired) electrons. The maximum absolute atomic E-state index is 15.6. The molecule has 4 aliphatic heterocycles. The molecule has 2 bridgehead atoms. The van der Waals surface area contributed by atoms with Gasteiger partial charge in [0.15, 0.2) is 5.82 Å². The Balaban J connectivity index is 1.35. The molecule has 6 rings (SSSR count). The minimum atomic E-state index is -0.882. The van der Waals surface area contributed by atoms with Crippen LogP contribution in [0.4, 0.5) is 19.4 Å². The summed E-state index contributed by atoms with van der Waals surface area (Å²) in [6, 6.07) is -0.0737. The molecule has 4 aliphatic rings. The number of carbonyl (C=O) groups excluding carboxylic acids is 1. The van der Waals surface area contributed by atoms with Gasteiger partial charge in [0, 0.05) is 26.1 Å². The van der Waals surface area contributed by atoms with Gasteiger partial charge in [-0.3, -0.25) is 9.80 Å². The average Bonchev–Trinajstić information content (AvgIpc) is 3.50. The van der Waals surface area contributed by atoms with Crippen LogP contribution in [0.5, 0.6) is 6.01 Å². The van der Waals surface area contributed by atoms with Gasteiger partial charge in [0.2, 0.25) is 0 Å². The van der Waals surface area contributed by atoms with Crippen LogP contribution in [0.3, 0.4) is 0 Å². The lowest BCUT2D eigenvalue weighted by atomic mass is 9.95. The van der Waals surface area contributed by atoms with Crippen molar-refractivity contribution < 1.29 is 23.0 Å². The summed E-state index contributed by atoms with van der Waals surface area (Å²) in [5.41, 5.74) is -0.195. The molecule has 0 spiro atoms. The van der Waals surface area contributed by atoms with Crippen molar-refractivity contribution in [2.24, 2.45) is 0 Å². The molecule has 40 heavy (non-hydrogen) atoms. The highest BCUT2D eigenvalue weighted by molar-refractivity contribution is 9.10. The Bertz CT molecular complexity index is 1350. The first-order valence-corrected chi connectivity index (χ1v) is 15.2. The van der Waals surface area contributed by atoms with Gasteiger partial charge in [-0.05, 0) is 81.4 Å². The van der Waals surface area contributed by atoms with Gasteiger partial charge in [-0.15, -0.1) is 0 Å². The van der Waals surface area contributed by atoms with Crippen molar-refractivity contribution in [1.82, 2.24) is 19.8 Å². The summed E-state index contributed by atoms with van der Waals surface area (Å²) < 4.78 is 42.0. The smallest absolute Gasteiger partial charge is 0.410 e. The Labute approximate surface area is 246 Å². The van der Waals surface area contributed by atoms with Gasteiger partial charge in [0.1, 0.15) is 29.7 Å². The first-order valence-electron chi connectivity index (χ1n) is 14.0. The number of nitrogens with zero attached hydrogens (tertiary/aromatic N) is 5. The van der Waals surface area contributed by atoms with E-state index in [2.05, 4.69) is 30.7 Å². The minimum Gasteiger partial charge on any atom is -0.461 e. The molecule has 2 unspecified atom stereocenters. The van der Waals surface area contributed by atoms with Gasteiger partial charge < -0.3 is 14.4 Å². The van der Waals surface area contributed by atoms with E-state index in [-0.39, 0.29) is 51.3 Å². The van der Waals surface area contributed by atoms with Crippen LogP contribution in [0.1, 0.15) is 58.4 Å². The van der Waals surface area contributed by atoms with Crippen LogP contribution >= 0.6 is 27.5 Å². The van der Waals surface area contributed by atoms with Crippen LogP contribution in [-0.4, -0.2) is 88.0 Å². The zero-order valence-corrected chi connectivity index (χ0v) is 25.6. The minimum absolute atomic E-state index is 0.0560. The number of hydrogen-bond donors (Lipinski definition) is 0. The van der Waals surface area contributed by atoms with Crippen LogP contribution in [-0.2, 0) is 4.74 Å². The second kappa shape index (κ2) is 10.1. The molecule has 1 amide bonds. The molecule has 1 aromatic heterocycles. The Morgan fingerprint density at radius 3 is 2.58 bits per heavy atom. The van der Waals surface area contributed by atoms with E-state index in [0.29, 0.717) is 42.8 Å². The fourth-order valence-corrected chi connectivity index (χ4v) is 7.70. The third kappa shape index (κ3) is 4.79. The third-order valence-corrected chi connectivity index (χ3v) is 10.2. The molecule has 0 aliphatic carbocycles. The first kappa shape index (κ1) is 28.2. The quantitative estimate of drug-likeness (QED) is 0.377. The van der Waals surface area contributed by atoms with E-state index in [1.807, 2.05) is 32.6 Å². The predicted molar refractivity (Wildman–Crippen MR) is 153 cm³/mol. The standard InChI is InChI=1S/C28H35BrClF2N5O3/c1-15-19-23(22(32)20(29)21(15)30)33-25(39-14-28-8-5-9-36(28)11-16(31)10-28)34-24(19)35-12-17-6-7-18(13-35)37(17)26(38)40-27(2,3)4/h16-18H,5-14H2,1-4H3/t16-,17?,18?,28+/m1/s1. The Kier molecular flexibility index (Phi) is 7.10. The van der Waals surface area contributed by atoms with Crippen LogP contribution in [0.2, 0.25) is 5.02 Å². The molecule has 2 aromatic rings. The predicted octanol–water partition coefficient (Wildman–Crippen LogP) is 6.04. The molecule has 1 aromatic carbocycles. The fourth-order valence-electron chi connectivity index (χ4n) is 7.04. The second-order valence-corrected chi connectivity index (χ2v) is 13.8. The van der Waals surface area contributed by atoms with Gasteiger partial charge in [-0.25, -0.2) is 13.6 Å². The van der Waals surface area contributed by atoms with Crippen LogP contribution in [0.25, 0.3) is 10.9 Å². The lowest BCUT2D eigenvalue weighted by molar-refractivity contribution is 0.0122. The van der Waals surface area contributed by atoms with Crippen molar-refractivity contribution in [3.63, 3.8) is 0 Å². The first-order chi connectivity index (χ1) is 18.9. The lowest BCUT2D eigenvalue weighted by Gasteiger charge is -2.42. The SMILES string of the molecule is Cc1c(Cl)c(Br)c(F)c2nc(OC[C@@]34CCCN3C[C@H](F)C4)nc(N3CC4CCC(C3)N4C(=O)OC(C)(C)C)c12. The van der Waals surface area contributed by atoms with Crippen molar-refractivity contribution in [3.05, 3.63) is 20.9 Å². The number of ether oxygens (including phenoxy) is 2. The van der Waals surface area contributed by atoms with Crippen molar-refractivity contribution in [2.75, 3.05) is 37.7 Å². The van der Waals surface area contributed by atoms with E-state index >= 15 is 4.39 Å². The Hall–Kier alpha value is -1.98. The normalized spacial score (nSPS) is 28.4. The molecule has 4 atom stereocenters. The van der Waals surface area contributed by atoms with Crippen molar-refractivity contribution in [1.29, 1.82) is 0 Å². The number of piperazine rings is 1. The van der Waals surface area contributed by atoms with Crippen molar-refractivity contribution in [3.8, 4) is 6.01 Å². The Morgan fingerprint density at radius 2 is 1.90 bits per heavy atom. The third-order valence-electron chi connectivity index (χ3n) is 8.78. The number of aryl methyl sites for hydroxylation is 1. The molecule has 0 saturated carbocycles. The highest BCUT2D eigenvalue weighted by atomic mass is 79.9. The van der Waals surface area contributed by atoms with E-state index in [4.69, 9.17) is 26.1 Å². The number of alkyl halides is 1. The van der Waals surface area contributed by atoms with E-state index in [1.54, 1.807) is 0 Å². The molecular formula is C28H35BrClF2N5O3. The molecule has 0 N–H and O–H groups in total. The summed E-state index contributed by atoms with van der Waals surface area (Å²) >= 11 is 9.81. The highest BCUT2D eigenvalue weighted by Crippen LogP contribution is 2.43. The summed E-state index contributed by atoms with van der Waals surface area (Å²) in [5.74, 6) is -0.0538. The number of hydrogen-bond acceptors (Lipinski definition) is 7. The number of halogens is 4. The summed E-state index contributed by atoms with van der Waals surface area (Å²) in [5, 5.41) is 0.785. The summed E-state index contributed by atoms with van der Waals surface area (Å²) in [7, 11) is 0. The van der Waals surface area contributed by atoms with E-state index in [9.17, 15) is 9.18 Å². The van der Waals surface area contributed by atoms with Crippen molar-refractivity contribution >= 4 is 50.3 Å². The van der Waals surface area contributed by atoms with Gasteiger partial charge in [0.25, 0.3) is 0 Å². The van der Waals surface area contributed by atoms with E-state index < -0.39 is 17.6 Å². The molecule has 12 heteroatoms. The van der Waals surface area contributed by atoms with Gasteiger partial charge in [-0.2, -0.15) is 9.97 Å². The molecule has 8 nitrogen and oxygen atoms in total. The molecular weight excluding hydrogens is 608 g/mol. The largest absolute Gasteiger partial charge is 0.461 e.